The molecular formula is C16H17N3O2S. The monoisotopic (exact) mass is 315 g/mol. The summed E-state index contributed by atoms with van der Waals surface area (Å²) >= 11 is 1.56. The average Bonchev–Trinajstić information content (AvgIpc) is 3.23. The number of amides is 1. The zero-order chi connectivity index (χ0) is 14.9. The van der Waals surface area contributed by atoms with Gasteiger partial charge in [0, 0.05) is 24.7 Å². The third-order valence-electron chi connectivity index (χ3n) is 4.54. The molecule has 1 amide bonds. The number of rotatable bonds is 2. The van der Waals surface area contributed by atoms with E-state index in [4.69, 9.17) is 4.74 Å². The fraction of sp³-hybridized carbons (Fsp3) is 0.438. The summed E-state index contributed by atoms with van der Waals surface area (Å²) in [5.74, 6) is 0.639. The minimum Gasteiger partial charge on any atom is -0.367 e. The predicted molar refractivity (Wildman–Crippen MR) is 82.6 cm³/mol. The van der Waals surface area contributed by atoms with Gasteiger partial charge >= 0.3 is 0 Å². The maximum Gasteiger partial charge on any atom is 0.254 e. The third kappa shape index (κ3) is 2.53. The number of aromatic nitrogens is 2. The Morgan fingerprint density at radius 3 is 3.14 bits per heavy atom. The van der Waals surface area contributed by atoms with Crippen molar-refractivity contribution in [2.75, 3.05) is 13.1 Å². The van der Waals surface area contributed by atoms with Crippen molar-refractivity contribution < 1.29 is 9.53 Å². The molecule has 2 aromatic heterocycles. The van der Waals surface area contributed by atoms with Crippen molar-refractivity contribution in [2.24, 2.45) is 5.92 Å². The lowest BCUT2D eigenvalue weighted by atomic mass is 9.91. The van der Waals surface area contributed by atoms with Crippen LogP contribution >= 0.6 is 11.3 Å². The smallest absolute Gasteiger partial charge is 0.254 e. The van der Waals surface area contributed by atoms with Crippen LogP contribution in [0.25, 0.3) is 0 Å². The van der Waals surface area contributed by atoms with E-state index in [0.717, 1.165) is 30.6 Å². The van der Waals surface area contributed by atoms with Crippen LogP contribution in [0.1, 0.15) is 35.0 Å². The summed E-state index contributed by atoms with van der Waals surface area (Å²) in [5.41, 5.74) is 1.73. The van der Waals surface area contributed by atoms with Crippen molar-refractivity contribution in [3.8, 4) is 0 Å². The molecule has 0 radical (unpaired) electrons. The lowest BCUT2D eigenvalue weighted by molar-refractivity contribution is -0.00563. The van der Waals surface area contributed by atoms with Gasteiger partial charge in [-0.3, -0.25) is 4.79 Å². The number of carbonyl (C=O) groups is 1. The summed E-state index contributed by atoms with van der Waals surface area (Å²) in [5, 5.41) is 3.85. The van der Waals surface area contributed by atoms with Gasteiger partial charge in [-0.25, -0.2) is 9.97 Å². The lowest BCUT2D eigenvalue weighted by Gasteiger charge is -2.33. The zero-order valence-corrected chi connectivity index (χ0v) is 12.9. The largest absolute Gasteiger partial charge is 0.367 e. The summed E-state index contributed by atoms with van der Waals surface area (Å²) in [6, 6.07) is 3.80. The van der Waals surface area contributed by atoms with Crippen molar-refractivity contribution >= 4 is 17.2 Å². The Balaban J connectivity index is 1.45. The Kier molecular flexibility index (Phi) is 3.63. The van der Waals surface area contributed by atoms with Crippen LogP contribution in [0.15, 0.2) is 35.4 Å². The van der Waals surface area contributed by atoms with Gasteiger partial charge in [-0.15, -0.1) is 0 Å². The number of piperidine rings is 1. The lowest BCUT2D eigenvalue weighted by Crippen LogP contribution is -2.45. The quantitative estimate of drug-likeness (QED) is 0.854. The second-order valence-electron chi connectivity index (χ2n) is 5.85. The first-order valence-corrected chi connectivity index (χ1v) is 8.48. The van der Waals surface area contributed by atoms with E-state index in [2.05, 4.69) is 9.97 Å². The van der Waals surface area contributed by atoms with Crippen LogP contribution < -0.4 is 0 Å². The number of fused-ring (bicyclic) bond motifs is 1. The summed E-state index contributed by atoms with van der Waals surface area (Å²) in [4.78, 5) is 22.6. The highest BCUT2D eigenvalue weighted by molar-refractivity contribution is 7.08. The number of carbonyl (C=O) groups excluding carboxylic acids is 1. The highest BCUT2D eigenvalue weighted by atomic mass is 32.1. The predicted octanol–water partition coefficient (Wildman–Crippen LogP) is 2.53. The van der Waals surface area contributed by atoms with Gasteiger partial charge in [-0.2, -0.15) is 11.3 Å². The van der Waals surface area contributed by atoms with Crippen molar-refractivity contribution in [3.63, 3.8) is 0 Å². The van der Waals surface area contributed by atoms with Crippen LogP contribution in [-0.4, -0.2) is 40.0 Å². The molecule has 0 saturated carbocycles. The van der Waals surface area contributed by atoms with Crippen LogP contribution in [-0.2, 0) is 4.74 Å². The van der Waals surface area contributed by atoms with Gasteiger partial charge < -0.3 is 9.64 Å². The molecule has 0 bridgehead atoms. The molecule has 2 aliphatic heterocycles. The molecule has 0 aromatic carbocycles. The second kappa shape index (κ2) is 5.78. The van der Waals surface area contributed by atoms with Crippen molar-refractivity contribution in [2.45, 2.75) is 25.0 Å². The van der Waals surface area contributed by atoms with E-state index in [0.29, 0.717) is 12.5 Å². The molecule has 6 heteroatoms. The van der Waals surface area contributed by atoms with Crippen molar-refractivity contribution in [1.29, 1.82) is 0 Å². The number of thiophene rings is 1. The third-order valence-corrected chi connectivity index (χ3v) is 5.23. The van der Waals surface area contributed by atoms with E-state index < -0.39 is 0 Å². The first-order valence-electron chi connectivity index (χ1n) is 7.54. The first-order chi connectivity index (χ1) is 10.8. The normalized spacial score (nSPS) is 27.6. The second-order valence-corrected chi connectivity index (χ2v) is 6.63. The topological polar surface area (TPSA) is 55.3 Å². The van der Waals surface area contributed by atoms with Gasteiger partial charge in [0.2, 0.25) is 0 Å². The van der Waals surface area contributed by atoms with E-state index in [1.165, 1.54) is 0 Å². The fourth-order valence-electron chi connectivity index (χ4n) is 3.37. The zero-order valence-electron chi connectivity index (χ0n) is 12.1. The Morgan fingerprint density at radius 1 is 1.41 bits per heavy atom. The van der Waals surface area contributed by atoms with E-state index in [9.17, 15) is 4.79 Å². The summed E-state index contributed by atoms with van der Waals surface area (Å²) in [7, 11) is 0. The molecule has 2 aromatic rings. The Labute approximate surface area is 133 Å². The van der Waals surface area contributed by atoms with Gasteiger partial charge in [0.25, 0.3) is 5.91 Å². The van der Waals surface area contributed by atoms with Crippen LogP contribution in [0.4, 0.5) is 0 Å². The number of hydrogen-bond acceptors (Lipinski definition) is 5. The van der Waals surface area contributed by atoms with Gasteiger partial charge in [0.1, 0.15) is 12.4 Å². The minimum atomic E-state index is 0.0363. The number of hydrogen-bond donors (Lipinski definition) is 0. The van der Waals surface area contributed by atoms with Crippen LogP contribution in [0, 0.1) is 5.92 Å². The molecule has 22 heavy (non-hydrogen) atoms. The number of nitrogens with zero attached hydrogens (tertiary/aromatic N) is 3. The van der Waals surface area contributed by atoms with Gasteiger partial charge in [-0.1, -0.05) is 0 Å². The minimum absolute atomic E-state index is 0.0363. The maximum absolute atomic E-state index is 12.5. The van der Waals surface area contributed by atoms with E-state index >= 15 is 0 Å². The molecule has 0 N–H and O–H groups in total. The molecule has 2 fully saturated rings. The van der Waals surface area contributed by atoms with Gasteiger partial charge in [0.15, 0.2) is 0 Å². The van der Waals surface area contributed by atoms with Gasteiger partial charge in [-0.05, 0) is 36.3 Å². The number of likely N-dealkylation sites (tertiary alicyclic amines) is 1. The molecule has 3 atom stereocenters. The molecule has 4 rings (SSSR count). The highest BCUT2D eigenvalue weighted by Crippen LogP contribution is 2.40. The van der Waals surface area contributed by atoms with E-state index in [1.807, 2.05) is 27.8 Å². The summed E-state index contributed by atoms with van der Waals surface area (Å²) in [6.07, 6.45) is 5.46. The van der Waals surface area contributed by atoms with Gasteiger partial charge in [0.05, 0.1) is 17.4 Å². The van der Waals surface area contributed by atoms with Crippen LogP contribution in [0.3, 0.4) is 0 Å². The molecule has 4 heterocycles. The Bertz CT molecular complexity index is 647. The van der Waals surface area contributed by atoms with Crippen LogP contribution in [0.2, 0.25) is 0 Å². The number of ether oxygens (including phenoxy) is 1. The fourth-order valence-corrected chi connectivity index (χ4v) is 4.00. The Hall–Kier alpha value is -1.79. The SMILES string of the molecule is O=C(c1ccsc1)N1CC[C@H]2C[C@H](c3ccncn3)O[C@@H]2C1. The molecule has 114 valence electrons. The molecule has 5 nitrogen and oxygen atoms in total. The van der Waals surface area contributed by atoms with E-state index in [1.54, 1.807) is 23.9 Å². The summed E-state index contributed by atoms with van der Waals surface area (Å²) in [6.45, 7) is 1.50. The molecule has 0 unspecified atom stereocenters. The molecule has 0 spiro atoms. The first kappa shape index (κ1) is 13.8. The van der Waals surface area contributed by atoms with Crippen molar-refractivity contribution in [3.05, 3.63) is 46.7 Å². The molecular weight excluding hydrogens is 298 g/mol. The highest BCUT2D eigenvalue weighted by Gasteiger charge is 2.41. The summed E-state index contributed by atoms with van der Waals surface area (Å²) < 4.78 is 6.17. The maximum atomic E-state index is 12.5. The average molecular weight is 315 g/mol. The Morgan fingerprint density at radius 2 is 2.36 bits per heavy atom. The van der Waals surface area contributed by atoms with E-state index in [-0.39, 0.29) is 18.1 Å². The standard InChI is InChI=1S/C16H17N3O2S/c20-16(12-3-6-22-9-12)19-5-2-11-7-14(21-15(11)8-19)13-1-4-17-10-18-13/h1,3-4,6,9-11,14-15H,2,5,7-8H2/t11-,14+,15+/m0/s1. The van der Waals surface area contributed by atoms with Crippen LogP contribution in [0.5, 0.6) is 0 Å². The molecule has 2 aliphatic rings. The molecule has 2 saturated heterocycles. The van der Waals surface area contributed by atoms with Crippen molar-refractivity contribution in [1.82, 2.24) is 14.9 Å². The molecule has 0 aliphatic carbocycles.